The van der Waals surface area contributed by atoms with E-state index in [-0.39, 0.29) is 12.8 Å². The Hall–Kier alpha value is -0.260. The van der Waals surface area contributed by atoms with Gasteiger partial charge in [0.1, 0.15) is 0 Å². The summed E-state index contributed by atoms with van der Waals surface area (Å²) in [6, 6.07) is 0.564. The van der Waals surface area contributed by atoms with Gasteiger partial charge in [-0.2, -0.15) is 0 Å². The number of piperazine rings is 1. The van der Waals surface area contributed by atoms with Crippen LogP contribution in [0.1, 0.15) is 26.2 Å². The predicted molar refractivity (Wildman–Crippen MR) is 69.1 cm³/mol. The molecule has 2 rings (SSSR count). The molecule has 18 heavy (non-hydrogen) atoms. The highest BCUT2D eigenvalue weighted by Gasteiger charge is 2.33. The maximum absolute atomic E-state index is 13.0. The van der Waals surface area contributed by atoms with Gasteiger partial charge in [-0.05, 0) is 19.9 Å². The molecule has 2 saturated heterocycles. The topological polar surface area (TPSA) is 18.5 Å². The molecule has 0 aromatic heterocycles. The van der Waals surface area contributed by atoms with Gasteiger partial charge in [-0.25, -0.2) is 8.78 Å². The maximum Gasteiger partial charge on any atom is 0.250 e. The van der Waals surface area contributed by atoms with Crippen molar-refractivity contribution >= 4 is 0 Å². The van der Waals surface area contributed by atoms with E-state index in [2.05, 4.69) is 22.0 Å². The standard InChI is InChI=1S/C13H25F2N3/c1-12(18-10-5-16-6-11-18)2-7-17-8-3-13(14,15)4-9-17/h12,16H,2-11H2,1H3. The molecule has 0 saturated carbocycles. The molecule has 0 amide bonds. The fourth-order valence-electron chi connectivity index (χ4n) is 2.78. The van der Waals surface area contributed by atoms with Crippen molar-refractivity contribution in [3.8, 4) is 0 Å². The zero-order valence-corrected chi connectivity index (χ0v) is 11.3. The number of nitrogens with one attached hydrogen (secondary N) is 1. The SMILES string of the molecule is CC(CCN1CCC(F)(F)CC1)N1CCNCC1. The molecule has 0 aromatic rings. The smallest absolute Gasteiger partial charge is 0.250 e. The van der Waals surface area contributed by atoms with Crippen LogP contribution in [0.25, 0.3) is 0 Å². The second-order valence-electron chi connectivity index (χ2n) is 5.62. The molecule has 0 aliphatic carbocycles. The Balaban J connectivity index is 1.65. The van der Waals surface area contributed by atoms with Crippen molar-refractivity contribution in [1.82, 2.24) is 15.1 Å². The Kier molecular flexibility index (Phi) is 4.92. The average Bonchev–Trinajstić information content (AvgIpc) is 2.38. The minimum atomic E-state index is -2.42. The van der Waals surface area contributed by atoms with E-state index in [1.54, 1.807) is 0 Å². The fourth-order valence-corrected chi connectivity index (χ4v) is 2.78. The number of piperidine rings is 1. The van der Waals surface area contributed by atoms with Gasteiger partial charge in [-0.15, -0.1) is 0 Å². The Labute approximate surface area is 109 Å². The second-order valence-corrected chi connectivity index (χ2v) is 5.62. The molecule has 0 radical (unpaired) electrons. The number of nitrogens with zero attached hydrogens (tertiary/aromatic N) is 2. The minimum absolute atomic E-state index is 0.0367. The minimum Gasteiger partial charge on any atom is -0.314 e. The van der Waals surface area contributed by atoms with Crippen LogP contribution in [0.3, 0.4) is 0 Å². The van der Waals surface area contributed by atoms with E-state index in [1.165, 1.54) is 0 Å². The third-order valence-electron chi connectivity index (χ3n) is 4.23. The van der Waals surface area contributed by atoms with Crippen LogP contribution in [-0.2, 0) is 0 Å². The molecule has 2 aliphatic heterocycles. The van der Waals surface area contributed by atoms with Gasteiger partial charge in [0.15, 0.2) is 0 Å². The van der Waals surface area contributed by atoms with E-state index in [1.807, 2.05) is 0 Å². The molecule has 5 heteroatoms. The number of alkyl halides is 2. The zero-order chi connectivity index (χ0) is 13.0. The third kappa shape index (κ3) is 4.14. The Bertz CT molecular complexity index is 245. The molecule has 1 N–H and O–H groups in total. The summed E-state index contributed by atoms with van der Waals surface area (Å²) in [7, 11) is 0. The van der Waals surface area contributed by atoms with Crippen LogP contribution in [0, 0.1) is 0 Å². The summed E-state index contributed by atoms with van der Waals surface area (Å²) >= 11 is 0. The van der Waals surface area contributed by atoms with Gasteiger partial charge in [0, 0.05) is 58.2 Å². The lowest BCUT2D eigenvalue weighted by Crippen LogP contribution is -2.48. The van der Waals surface area contributed by atoms with Crippen molar-refractivity contribution in [3.63, 3.8) is 0 Å². The van der Waals surface area contributed by atoms with E-state index in [0.717, 1.165) is 39.1 Å². The molecule has 1 atom stereocenters. The highest BCUT2D eigenvalue weighted by molar-refractivity contribution is 4.79. The first-order valence-electron chi connectivity index (χ1n) is 7.12. The van der Waals surface area contributed by atoms with E-state index in [9.17, 15) is 8.78 Å². The monoisotopic (exact) mass is 261 g/mol. The number of halogens is 2. The summed E-state index contributed by atoms with van der Waals surface area (Å²) < 4.78 is 26.1. The molecule has 3 nitrogen and oxygen atoms in total. The molecule has 2 heterocycles. The quantitative estimate of drug-likeness (QED) is 0.825. The van der Waals surface area contributed by atoms with Crippen LogP contribution >= 0.6 is 0 Å². The largest absolute Gasteiger partial charge is 0.314 e. The molecule has 1 unspecified atom stereocenters. The zero-order valence-electron chi connectivity index (χ0n) is 11.3. The van der Waals surface area contributed by atoms with Gasteiger partial charge in [0.25, 0.3) is 5.92 Å². The summed E-state index contributed by atoms with van der Waals surface area (Å²) in [5.41, 5.74) is 0. The van der Waals surface area contributed by atoms with E-state index in [4.69, 9.17) is 0 Å². The van der Waals surface area contributed by atoms with Crippen LogP contribution < -0.4 is 5.32 Å². The summed E-state index contributed by atoms with van der Waals surface area (Å²) in [6.45, 7) is 8.69. The summed E-state index contributed by atoms with van der Waals surface area (Å²) in [5.74, 6) is -2.42. The van der Waals surface area contributed by atoms with E-state index >= 15 is 0 Å². The molecular formula is C13H25F2N3. The van der Waals surface area contributed by atoms with Crippen molar-refractivity contribution in [2.75, 3.05) is 45.8 Å². The average molecular weight is 261 g/mol. The molecule has 106 valence electrons. The van der Waals surface area contributed by atoms with Gasteiger partial charge in [0.2, 0.25) is 0 Å². The van der Waals surface area contributed by atoms with E-state index < -0.39 is 5.92 Å². The molecule has 2 aliphatic rings. The van der Waals surface area contributed by atoms with Crippen LogP contribution in [0.5, 0.6) is 0 Å². The Morgan fingerprint density at radius 2 is 1.72 bits per heavy atom. The lowest BCUT2D eigenvalue weighted by Gasteiger charge is -2.36. The Morgan fingerprint density at radius 1 is 1.11 bits per heavy atom. The predicted octanol–water partition coefficient (Wildman–Crippen LogP) is 1.40. The van der Waals surface area contributed by atoms with E-state index in [0.29, 0.717) is 19.1 Å². The van der Waals surface area contributed by atoms with Gasteiger partial charge in [0.05, 0.1) is 0 Å². The summed E-state index contributed by atoms with van der Waals surface area (Å²) in [5, 5.41) is 3.35. The first-order valence-corrected chi connectivity index (χ1v) is 7.12. The summed E-state index contributed by atoms with van der Waals surface area (Å²) in [6.07, 6.45) is 1.16. The van der Waals surface area contributed by atoms with Gasteiger partial charge in [-0.3, -0.25) is 4.90 Å². The lowest BCUT2D eigenvalue weighted by atomic mass is 10.1. The number of likely N-dealkylation sites (tertiary alicyclic amines) is 1. The molecule has 0 bridgehead atoms. The van der Waals surface area contributed by atoms with Crippen LogP contribution in [0.4, 0.5) is 8.78 Å². The van der Waals surface area contributed by atoms with Crippen molar-refractivity contribution < 1.29 is 8.78 Å². The summed E-state index contributed by atoms with van der Waals surface area (Å²) in [4.78, 5) is 4.69. The molecule has 0 spiro atoms. The first kappa shape index (κ1) is 14.2. The highest BCUT2D eigenvalue weighted by atomic mass is 19.3. The third-order valence-corrected chi connectivity index (χ3v) is 4.23. The molecule has 0 aromatic carbocycles. The number of hydrogen-bond donors (Lipinski definition) is 1. The fraction of sp³-hybridized carbons (Fsp3) is 1.00. The van der Waals surface area contributed by atoms with Crippen LogP contribution in [0.2, 0.25) is 0 Å². The molecular weight excluding hydrogens is 236 g/mol. The molecule has 2 fully saturated rings. The van der Waals surface area contributed by atoms with Crippen molar-refractivity contribution in [2.24, 2.45) is 0 Å². The Morgan fingerprint density at radius 3 is 2.33 bits per heavy atom. The first-order chi connectivity index (χ1) is 8.57. The van der Waals surface area contributed by atoms with Gasteiger partial charge >= 0.3 is 0 Å². The van der Waals surface area contributed by atoms with Crippen LogP contribution in [0.15, 0.2) is 0 Å². The number of hydrogen-bond acceptors (Lipinski definition) is 3. The lowest BCUT2D eigenvalue weighted by molar-refractivity contribution is -0.0559. The van der Waals surface area contributed by atoms with Crippen molar-refractivity contribution in [2.45, 2.75) is 38.2 Å². The van der Waals surface area contributed by atoms with Gasteiger partial charge in [-0.1, -0.05) is 0 Å². The normalized spacial score (nSPS) is 28.2. The van der Waals surface area contributed by atoms with Crippen molar-refractivity contribution in [1.29, 1.82) is 0 Å². The maximum atomic E-state index is 13.0. The van der Waals surface area contributed by atoms with Gasteiger partial charge < -0.3 is 10.2 Å². The highest BCUT2D eigenvalue weighted by Crippen LogP contribution is 2.27. The van der Waals surface area contributed by atoms with Crippen molar-refractivity contribution in [3.05, 3.63) is 0 Å². The number of rotatable bonds is 4. The second kappa shape index (κ2) is 6.26. The van der Waals surface area contributed by atoms with Crippen LogP contribution in [-0.4, -0.2) is 67.6 Å².